The van der Waals surface area contributed by atoms with Gasteiger partial charge in [0.15, 0.2) is 5.78 Å². The van der Waals surface area contributed by atoms with Gasteiger partial charge in [0, 0.05) is 0 Å². The number of hydrogen-bond donors (Lipinski definition) is 0. The fourth-order valence-corrected chi connectivity index (χ4v) is 1.52. The number of esters is 1. The van der Waals surface area contributed by atoms with E-state index in [1.54, 1.807) is 24.3 Å². The lowest BCUT2D eigenvalue weighted by atomic mass is 9.90. The Labute approximate surface area is 99.6 Å². The van der Waals surface area contributed by atoms with Gasteiger partial charge in [-0.3, -0.25) is 14.4 Å². The van der Waals surface area contributed by atoms with Gasteiger partial charge in [-0.1, -0.05) is 0 Å². The van der Waals surface area contributed by atoms with Crippen molar-refractivity contribution in [1.82, 2.24) is 0 Å². The predicted octanol–water partition coefficient (Wildman–Crippen LogP) is 1.29. The van der Waals surface area contributed by atoms with Crippen LogP contribution in [0.2, 0.25) is 0 Å². The van der Waals surface area contributed by atoms with Crippen molar-refractivity contribution in [2.24, 2.45) is 0 Å². The minimum Gasteiger partial charge on any atom is -0.469 e. The number of carbonyl (C=O) groups is 3. The van der Waals surface area contributed by atoms with Crippen molar-refractivity contribution in [2.75, 3.05) is 7.11 Å². The highest BCUT2D eigenvalue weighted by atomic mass is 16.5. The second-order valence-corrected chi connectivity index (χ2v) is 3.58. The first-order valence-electron chi connectivity index (χ1n) is 5.13. The monoisotopic (exact) mass is 233 g/mol. The molecular formula is C13H13O4-. The molecule has 1 rings (SSSR count). The lowest BCUT2D eigenvalue weighted by Gasteiger charge is -2.16. The topological polar surface area (TPSA) is 60.4 Å². The van der Waals surface area contributed by atoms with Gasteiger partial charge in [-0.05, 0) is 6.92 Å². The second-order valence-electron chi connectivity index (χ2n) is 3.58. The molecule has 0 heterocycles. The molecule has 0 aliphatic carbocycles. The van der Waals surface area contributed by atoms with Gasteiger partial charge in [-0.25, -0.2) is 0 Å². The molecule has 1 unspecified atom stereocenters. The molecule has 4 nitrogen and oxygen atoms in total. The van der Waals surface area contributed by atoms with Crippen molar-refractivity contribution in [3.63, 3.8) is 0 Å². The van der Waals surface area contributed by atoms with Gasteiger partial charge < -0.3 is 4.74 Å². The van der Waals surface area contributed by atoms with Crippen LogP contribution in [0.25, 0.3) is 0 Å². The number of ketones is 2. The summed E-state index contributed by atoms with van der Waals surface area (Å²) in [6, 6.07) is 9.55. The Bertz CT molecular complexity index is 422. The number of hydrogen-bond acceptors (Lipinski definition) is 4. The minimum absolute atomic E-state index is 0.304. The molecular weight excluding hydrogens is 220 g/mol. The fraction of sp³-hybridized carbons (Fsp3) is 0.308. The van der Waals surface area contributed by atoms with E-state index in [2.05, 4.69) is 10.8 Å². The standard InChI is InChI=1S/C13H13O4/c1-9(14)13(10-6-4-3-5-7-10)11(15)8-12(16)17-2/h3-6,13H,8H2,1-2H3/q-1. The zero-order valence-corrected chi connectivity index (χ0v) is 9.73. The maximum absolute atomic E-state index is 11.8. The molecule has 0 bridgehead atoms. The van der Waals surface area contributed by atoms with Crippen LogP contribution in [0.1, 0.15) is 24.8 Å². The number of methoxy groups -OCH3 is 1. The van der Waals surface area contributed by atoms with Gasteiger partial charge in [0.2, 0.25) is 0 Å². The first kappa shape index (κ1) is 13.1. The summed E-state index contributed by atoms with van der Waals surface area (Å²) in [5.41, 5.74) is 0.480. The van der Waals surface area contributed by atoms with E-state index in [9.17, 15) is 14.4 Å². The molecule has 4 heteroatoms. The molecule has 0 N–H and O–H groups in total. The van der Waals surface area contributed by atoms with Crippen LogP contribution in [-0.2, 0) is 19.1 Å². The second kappa shape index (κ2) is 5.94. The SMILES string of the molecule is COC(=O)CC(=O)C(C(C)=O)c1[c-]cccc1. The highest BCUT2D eigenvalue weighted by Crippen LogP contribution is 2.19. The number of carbonyl (C=O) groups excluding carboxylic acids is 3. The largest absolute Gasteiger partial charge is 0.469 e. The van der Waals surface area contributed by atoms with E-state index in [-0.39, 0.29) is 5.78 Å². The summed E-state index contributed by atoms with van der Waals surface area (Å²) in [7, 11) is 1.20. The van der Waals surface area contributed by atoms with Crippen LogP contribution in [0.3, 0.4) is 0 Å². The molecule has 1 aromatic rings. The molecule has 90 valence electrons. The molecule has 0 saturated heterocycles. The molecule has 17 heavy (non-hydrogen) atoms. The van der Waals surface area contributed by atoms with Gasteiger partial charge >= 0.3 is 5.97 Å². The number of ether oxygens (including phenoxy) is 1. The van der Waals surface area contributed by atoms with Gasteiger partial charge in [-0.2, -0.15) is 30.3 Å². The third kappa shape index (κ3) is 3.52. The Hall–Kier alpha value is -1.97. The third-order valence-corrected chi connectivity index (χ3v) is 2.32. The molecule has 0 saturated carbocycles. The van der Waals surface area contributed by atoms with Crippen molar-refractivity contribution in [1.29, 1.82) is 0 Å². The molecule has 0 aromatic heterocycles. The summed E-state index contributed by atoms with van der Waals surface area (Å²) >= 11 is 0. The first-order chi connectivity index (χ1) is 8.06. The van der Waals surface area contributed by atoms with E-state index in [4.69, 9.17) is 0 Å². The lowest BCUT2D eigenvalue weighted by molar-refractivity contribution is -0.143. The zero-order chi connectivity index (χ0) is 12.8. The van der Waals surface area contributed by atoms with Crippen molar-refractivity contribution < 1.29 is 19.1 Å². The van der Waals surface area contributed by atoms with Crippen LogP contribution in [-0.4, -0.2) is 24.6 Å². The molecule has 0 radical (unpaired) electrons. The van der Waals surface area contributed by atoms with Crippen LogP contribution in [0, 0.1) is 6.07 Å². The lowest BCUT2D eigenvalue weighted by Crippen LogP contribution is -2.23. The Morgan fingerprint density at radius 3 is 2.53 bits per heavy atom. The number of Topliss-reactive ketones (excluding diaryl/α,β-unsaturated/α-hetero) is 2. The van der Waals surface area contributed by atoms with Crippen molar-refractivity contribution in [3.8, 4) is 0 Å². The highest BCUT2D eigenvalue weighted by Gasteiger charge is 2.24. The zero-order valence-electron chi connectivity index (χ0n) is 9.73. The van der Waals surface area contributed by atoms with Crippen LogP contribution in [0.15, 0.2) is 24.3 Å². The molecule has 0 amide bonds. The summed E-state index contributed by atoms with van der Waals surface area (Å²) in [6.45, 7) is 1.32. The summed E-state index contributed by atoms with van der Waals surface area (Å²) < 4.78 is 4.41. The third-order valence-electron chi connectivity index (χ3n) is 2.32. The first-order valence-corrected chi connectivity index (χ1v) is 5.13. The summed E-state index contributed by atoms with van der Waals surface area (Å²) in [6.07, 6.45) is -0.399. The van der Waals surface area contributed by atoms with Crippen LogP contribution in [0.5, 0.6) is 0 Å². The van der Waals surface area contributed by atoms with Gasteiger partial charge in [0.05, 0.1) is 13.0 Å². The van der Waals surface area contributed by atoms with Crippen LogP contribution >= 0.6 is 0 Å². The molecule has 0 aliphatic rings. The van der Waals surface area contributed by atoms with E-state index < -0.39 is 24.1 Å². The quantitative estimate of drug-likeness (QED) is 0.437. The van der Waals surface area contributed by atoms with Gasteiger partial charge in [-0.15, -0.1) is 5.56 Å². The number of benzene rings is 1. The van der Waals surface area contributed by atoms with E-state index in [0.717, 1.165) is 0 Å². The molecule has 0 aliphatic heterocycles. The van der Waals surface area contributed by atoms with E-state index in [1.807, 2.05) is 0 Å². The summed E-state index contributed by atoms with van der Waals surface area (Å²) in [5, 5.41) is 0. The Balaban J connectivity index is 2.91. The van der Waals surface area contributed by atoms with Crippen molar-refractivity contribution in [3.05, 3.63) is 35.9 Å². The normalized spacial score (nSPS) is 11.6. The molecule has 0 fully saturated rings. The van der Waals surface area contributed by atoms with Crippen molar-refractivity contribution >= 4 is 17.5 Å². The predicted molar refractivity (Wildman–Crippen MR) is 60.3 cm³/mol. The molecule has 1 aromatic carbocycles. The summed E-state index contributed by atoms with van der Waals surface area (Å²) in [4.78, 5) is 34.3. The maximum atomic E-state index is 11.8. The highest BCUT2D eigenvalue weighted by molar-refractivity contribution is 6.11. The number of rotatable bonds is 5. The fourth-order valence-electron chi connectivity index (χ4n) is 1.52. The Kier molecular flexibility index (Phi) is 4.57. The molecule has 1 atom stereocenters. The van der Waals surface area contributed by atoms with Gasteiger partial charge in [0.25, 0.3) is 0 Å². The average molecular weight is 233 g/mol. The van der Waals surface area contributed by atoms with Crippen molar-refractivity contribution in [2.45, 2.75) is 19.3 Å². The van der Waals surface area contributed by atoms with E-state index in [1.165, 1.54) is 14.0 Å². The van der Waals surface area contributed by atoms with Crippen LogP contribution in [0.4, 0.5) is 0 Å². The molecule has 0 spiro atoms. The van der Waals surface area contributed by atoms with E-state index in [0.29, 0.717) is 5.56 Å². The van der Waals surface area contributed by atoms with Crippen LogP contribution < -0.4 is 0 Å². The summed E-state index contributed by atoms with van der Waals surface area (Å²) in [5.74, 6) is -2.35. The Morgan fingerprint density at radius 2 is 2.06 bits per heavy atom. The minimum atomic E-state index is -0.935. The van der Waals surface area contributed by atoms with E-state index >= 15 is 0 Å². The Morgan fingerprint density at radius 1 is 1.35 bits per heavy atom. The maximum Gasteiger partial charge on any atom is 0.313 e. The average Bonchev–Trinajstić information content (AvgIpc) is 2.29. The smallest absolute Gasteiger partial charge is 0.313 e. The van der Waals surface area contributed by atoms with Gasteiger partial charge in [0.1, 0.15) is 12.2 Å².